The van der Waals surface area contributed by atoms with Crippen molar-refractivity contribution in [2.75, 3.05) is 0 Å². The highest BCUT2D eigenvalue weighted by atomic mass is 16.7. The van der Waals surface area contributed by atoms with E-state index < -0.39 is 0 Å². The van der Waals surface area contributed by atoms with Gasteiger partial charge in [0.25, 0.3) is 0 Å². The van der Waals surface area contributed by atoms with Crippen LogP contribution in [0.15, 0.2) is 30.2 Å². The maximum atomic E-state index is 5.91. The fraction of sp³-hybridized carbons (Fsp3) is 0.467. The molecule has 0 atom stereocenters. The molecule has 2 rings (SSSR count). The molecule has 0 bridgehead atoms. The molecule has 0 radical (unpaired) electrons. The Balaban J connectivity index is 2.08. The Labute approximate surface area is 110 Å². The van der Waals surface area contributed by atoms with E-state index in [9.17, 15) is 0 Å². The first kappa shape index (κ1) is 13.4. The van der Waals surface area contributed by atoms with Crippen molar-refractivity contribution in [2.24, 2.45) is 0 Å². The Morgan fingerprint density at radius 2 is 1.67 bits per heavy atom. The molecule has 0 saturated carbocycles. The minimum Gasteiger partial charge on any atom is -0.400 e. The minimum absolute atomic E-state index is 0.268. The SMILES string of the molecule is Cc1cccc(/C=C/B2OC(C)(C)C(C)(C)O2)c1. The van der Waals surface area contributed by atoms with E-state index in [2.05, 4.69) is 65.0 Å². The quantitative estimate of drug-likeness (QED) is 0.739. The second-order valence-corrected chi connectivity index (χ2v) is 5.90. The third-order valence-corrected chi connectivity index (χ3v) is 3.76. The summed E-state index contributed by atoms with van der Waals surface area (Å²) in [5.74, 6) is 1.98. The molecule has 3 heteroatoms. The number of rotatable bonds is 2. The van der Waals surface area contributed by atoms with E-state index in [1.165, 1.54) is 11.1 Å². The molecular weight excluding hydrogens is 223 g/mol. The van der Waals surface area contributed by atoms with Crippen LogP contribution in [0.5, 0.6) is 0 Å². The van der Waals surface area contributed by atoms with Gasteiger partial charge in [0, 0.05) is 0 Å². The van der Waals surface area contributed by atoms with Crippen molar-refractivity contribution >= 4 is 13.2 Å². The zero-order valence-corrected chi connectivity index (χ0v) is 11.9. The highest BCUT2D eigenvalue weighted by Crippen LogP contribution is 2.36. The van der Waals surface area contributed by atoms with Crippen LogP contribution in [0.25, 0.3) is 6.08 Å². The van der Waals surface area contributed by atoms with E-state index in [0.717, 1.165) is 0 Å². The minimum atomic E-state index is -0.269. The first-order chi connectivity index (χ1) is 8.30. The third-order valence-electron chi connectivity index (χ3n) is 3.76. The van der Waals surface area contributed by atoms with E-state index in [0.29, 0.717) is 0 Å². The topological polar surface area (TPSA) is 18.5 Å². The first-order valence-electron chi connectivity index (χ1n) is 6.41. The van der Waals surface area contributed by atoms with Crippen molar-refractivity contribution in [1.29, 1.82) is 0 Å². The zero-order chi connectivity index (χ0) is 13.4. The Bertz CT molecular complexity index is 447. The second kappa shape index (κ2) is 4.56. The van der Waals surface area contributed by atoms with E-state index in [4.69, 9.17) is 9.31 Å². The zero-order valence-electron chi connectivity index (χ0n) is 11.9. The molecule has 1 aromatic rings. The van der Waals surface area contributed by atoms with Crippen molar-refractivity contribution in [3.63, 3.8) is 0 Å². The van der Waals surface area contributed by atoms with Gasteiger partial charge >= 0.3 is 7.12 Å². The van der Waals surface area contributed by atoms with Crippen LogP contribution in [-0.2, 0) is 9.31 Å². The van der Waals surface area contributed by atoms with E-state index in [1.807, 2.05) is 5.98 Å². The van der Waals surface area contributed by atoms with Gasteiger partial charge in [-0.05, 0) is 40.2 Å². The summed E-state index contributed by atoms with van der Waals surface area (Å²) in [7, 11) is -0.268. The summed E-state index contributed by atoms with van der Waals surface area (Å²) in [6.07, 6.45) is 2.05. The van der Waals surface area contributed by atoms with Gasteiger partial charge in [-0.15, -0.1) is 0 Å². The second-order valence-electron chi connectivity index (χ2n) is 5.90. The van der Waals surface area contributed by atoms with Crippen LogP contribution in [0, 0.1) is 6.92 Å². The van der Waals surface area contributed by atoms with E-state index >= 15 is 0 Å². The maximum Gasteiger partial charge on any atom is 0.487 e. The molecule has 2 nitrogen and oxygen atoms in total. The molecule has 0 amide bonds. The molecule has 18 heavy (non-hydrogen) atoms. The average Bonchev–Trinajstić information content (AvgIpc) is 2.45. The fourth-order valence-corrected chi connectivity index (χ4v) is 1.93. The molecule has 1 aromatic carbocycles. The van der Waals surface area contributed by atoms with Crippen LogP contribution in [0.2, 0.25) is 0 Å². The molecular formula is C15H21BO2. The molecule has 1 heterocycles. The Morgan fingerprint density at radius 1 is 1.06 bits per heavy atom. The smallest absolute Gasteiger partial charge is 0.400 e. The summed E-state index contributed by atoms with van der Waals surface area (Å²) in [5.41, 5.74) is 1.89. The van der Waals surface area contributed by atoms with Gasteiger partial charge in [-0.1, -0.05) is 41.9 Å². The van der Waals surface area contributed by atoms with Crippen molar-refractivity contribution < 1.29 is 9.31 Å². The lowest BCUT2D eigenvalue weighted by molar-refractivity contribution is 0.00578. The Morgan fingerprint density at radius 3 is 2.22 bits per heavy atom. The largest absolute Gasteiger partial charge is 0.487 e. The molecule has 1 saturated heterocycles. The lowest BCUT2D eigenvalue weighted by atomic mass is 9.89. The number of aryl methyl sites for hydroxylation is 1. The summed E-state index contributed by atoms with van der Waals surface area (Å²) >= 11 is 0. The lowest BCUT2D eigenvalue weighted by Gasteiger charge is -2.32. The Kier molecular flexibility index (Phi) is 3.39. The summed E-state index contributed by atoms with van der Waals surface area (Å²) in [4.78, 5) is 0. The van der Waals surface area contributed by atoms with Gasteiger partial charge in [-0.25, -0.2) is 0 Å². The molecule has 0 unspecified atom stereocenters. The summed E-state index contributed by atoms with van der Waals surface area (Å²) < 4.78 is 11.8. The van der Waals surface area contributed by atoms with Gasteiger partial charge < -0.3 is 9.31 Å². The summed E-state index contributed by atoms with van der Waals surface area (Å²) in [6.45, 7) is 10.3. The van der Waals surface area contributed by atoms with Crippen LogP contribution in [-0.4, -0.2) is 18.3 Å². The summed E-state index contributed by atoms with van der Waals surface area (Å²) in [6, 6.07) is 8.36. The van der Waals surface area contributed by atoms with Gasteiger partial charge in [0.15, 0.2) is 0 Å². The number of benzene rings is 1. The van der Waals surface area contributed by atoms with Crippen LogP contribution in [0.3, 0.4) is 0 Å². The van der Waals surface area contributed by atoms with Crippen LogP contribution < -0.4 is 0 Å². The average molecular weight is 244 g/mol. The normalized spacial score (nSPS) is 21.7. The van der Waals surface area contributed by atoms with Gasteiger partial charge in [0.1, 0.15) is 0 Å². The molecule has 0 aromatic heterocycles. The van der Waals surface area contributed by atoms with Gasteiger partial charge in [-0.3, -0.25) is 0 Å². The standard InChI is InChI=1S/C15H21BO2/c1-12-7-6-8-13(11-12)9-10-16-17-14(2,3)15(4,5)18-16/h6-11H,1-5H3/b10-9+. The van der Waals surface area contributed by atoms with Crippen molar-refractivity contribution in [3.05, 3.63) is 41.4 Å². The predicted molar refractivity (Wildman–Crippen MR) is 76.3 cm³/mol. The molecule has 0 N–H and O–H groups in total. The van der Waals surface area contributed by atoms with Gasteiger partial charge in [-0.2, -0.15) is 0 Å². The summed E-state index contributed by atoms with van der Waals surface area (Å²) in [5, 5.41) is 0. The van der Waals surface area contributed by atoms with E-state index in [-0.39, 0.29) is 18.3 Å². The highest BCUT2D eigenvalue weighted by molar-refractivity contribution is 6.52. The van der Waals surface area contributed by atoms with Crippen molar-refractivity contribution in [3.8, 4) is 0 Å². The highest BCUT2D eigenvalue weighted by Gasteiger charge is 2.49. The molecule has 1 fully saturated rings. The lowest BCUT2D eigenvalue weighted by Crippen LogP contribution is -2.41. The van der Waals surface area contributed by atoms with Gasteiger partial charge in [0.05, 0.1) is 11.2 Å². The third kappa shape index (κ3) is 2.68. The maximum absolute atomic E-state index is 5.91. The predicted octanol–water partition coefficient (Wildman–Crippen LogP) is 3.64. The molecule has 0 aliphatic carbocycles. The van der Waals surface area contributed by atoms with Crippen LogP contribution in [0.4, 0.5) is 0 Å². The van der Waals surface area contributed by atoms with E-state index in [1.54, 1.807) is 0 Å². The fourth-order valence-electron chi connectivity index (χ4n) is 1.93. The van der Waals surface area contributed by atoms with Crippen LogP contribution in [0.1, 0.15) is 38.8 Å². The molecule has 0 spiro atoms. The molecule has 1 aliphatic rings. The molecule has 96 valence electrons. The van der Waals surface area contributed by atoms with Crippen LogP contribution >= 0.6 is 0 Å². The van der Waals surface area contributed by atoms with Crippen molar-refractivity contribution in [1.82, 2.24) is 0 Å². The number of hydrogen-bond donors (Lipinski definition) is 0. The Hall–Kier alpha value is -1.06. The first-order valence-corrected chi connectivity index (χ1v) is 6.41. The molecule has 1 aliphatic heterocycles. The number of hydrogen-bond acceptors (Lipinski definition) is 2. The van der Waals surface area contributed by atoms with Crippen molar-refractivity contribution in [2.45, 2.75) is 45.8 Å². The monoisotopic (exact) mass is 244 g/mol. The van der Waals surface area contributed by atoms with Gasteiger partial charge in [0.2, 0.25) is 0 Å².